The van der Waals surface area contributed by atoms with Gasteiger partial charge >= 0.3 is 5.97 Å². The molecule has 6 nitrogen and oxygen atoms in total. The normalized spacial score (nSPS) is 13.6. The third-order valence-electron chi connectivity index (χ3n) is 3.32. The molecule has 0 aliphatic heterocycles. The minimum atomic E-state index is -1.20. The Labute approximate surface area is 131 Å². The molecular weight excluding hydrogens is 306 g/mol. The van der Waals surface area contributed by atoms with E-state index in [9.17, 15) is 14.7 Å². The Morgan fingerprint density at radius 3 is 2.68 bits per heavy atom. The van der Waals surface area contributed by atoms with Crippen LogP contribution in [-0.2, 0) is 12.0 Å². The van der Waals surface area contributed by atoms with E-state index in [4.69, 9.17) is 9.52 Å². The van der Waals surface area contributed by atoms with Gasteiger partial charge in [0, 0.05) is 12.5 Å². The quantitative estimate of drug-likeness (QED) is 0.757. The molecule has 0 spiro atoms. The summed E-state index contributed by atoms with van der Waals surface area (Å²) in [6, 6.07) is 2.98. The minimum absolute atomic E-state index is 0.00682. The molecule has 0 aliphatic rings. The van der Waals surface area contributed by atoms with Crippen LogP contribution in [0.2, 0.25) is 0 Å². The lowest BCUT2D eigenvalue weighted by Gasteiger charge is -2.22. The Hall–Kier alpha value is -2.12. The van der Waals surface area contributed by atoms with E-state index < -0.39 is 17.5 Å². The van der Waals surface area contributed by atoms with E-state index in [1.54, 1.807) is 25.3 Å². The molecule has 1 atom stereocenters. The van der Waals surface area contributed by atoms with Crippen LogP contribution in [0, 0.1) is 0 Å². The highest BCUT2D eigenvalue weighted by atomic mass is 32.1. The second-order valence-corrected chi connectivity index (χ2v) is 5.85. The molecule has 2 aromatic heterocycles. The van der Waals surface area contributed by atoms with Gasteiger partial charge in [0.15, 0.2) is 5.76 Å². The van der Waals surface area contributed by atoms with Gasteiger partial charge in [0.2, 0.25) is 0 Å². The van der Waals surface area contributed by atoms with Gasteiger partial charge in [-0.05, 0) is 29.3 Å². The number of thiophene rings is 1. The number of hydrogen-bond donors (Lipinski definition) is 3. The predicted octanol–water partition coefficient (Wildman–Crippen LogP) is 2.24. The van der Waals surface area contributed by atoms with Gasteiger partial charge in [0.1, 0.15) is 16.9 Å². The molecule has 22 heavy (non-hydrogen) atoms. The Morgan fingerprint density at radius 1 is 1.45 bits per heavy atom. The molecule has 7 heteroatoms. The largest absolute Gasteiger partial charge is 0.478 e. The third-order valence-corrected chi connectivity index (χ3v) is 4.00. The highest BCUT2D eigenvalue weighted by molar-refractivity contribution is 7.08. The van der Waals surface area contributed by atoms with Crippen molar-refractivity contribution in [2.75, 3.05) is 6.54 Å². The van der Waals surface area contributed by atoms with Gasteiger partial charge < -0.3 is 19.9 Å². The zero-order chi connectivity index (χ0) is 16.3. The Kier molecular flexibility index (Phi) is 4.68. The van der Waals surface area contributed by atoms with Crippen molar-refractivity contribution in [3.05, 3.63) is 45.5 Å². The zero-order valence-electron chi connectivity index (χ0n) is 12.3. The summed E-state index contributed by atoms with van der Waals surface area (Å²) in [6.45, 7) is 3.33. The summed E-state index contributed by atoms with van der Waals surface area (Å²) in [4.78, 5) is 23.1. The number of furan rings is 1. The molecule has 1 amide bonds. The number of carbonyl (C=O) groups excluding carboxylic acids is 1. The van der Waals surface area contributed by atoms with Crippen molar-refractivity contribution in [1.82, 2.24) is 5.32 Å². The van der Waals surface area contributed by atoms with Gasteiger partial charge in [-0.3, -0.25) is 4.79 Å². The van der Waals surface area contributed by atoms with Gasteiger partial charge in [-0.1, -0.05) is 6.92 Å². The van der Waals surface area contributed by atoms with Crippen molar-refractivity contribution in [3.8, 4) is 0 Å². The number of hydrogen-bond acceptors (Lipinski definition) is 5. The predicted molar refractivity (Wildman–Crippen MR) is 81.3 cm³/mol. The van der Waals surface area contributed by atoms with Gasteiger partial charge in [-0.25, -0.2) is 4.79 Å². The maximum absolute atomic E-state index is 12.1. The molecule has 2 aromatic rings. The van der Waals surface area contributed by atoms with E-state index in [2.05, 4.69) is 5.32 Å². The van der Waals surface area contributed by atoms with Crippen LogP contribution in [0.3, 0.4) is 0 Å². The van der Waals surface area contributed by atoms with E-state index in [-0.39, 0.29) is 23.6 Å². The van der Waals surface area contributed by atoms with Gasteiger partial charge in [0.25, 0.3) is 5.91 Å². The summed E-state index contributed by atoms with van der Waals surface area (Å²) in [5, 5.41) is 25.6. The molecule has 2 heterocycles. The van der Waals surface area contributed by atoms with Crippen LogP contribution >= 0.6 is 11.3 Å². The lowest BCUT2D eigenvalue weighted by molar-refractivity contribution is 0.0522. The number of carboxylic acids is 1. The molecule has 0 aliphatic carbocycles. The maximum Gasteiger partial charge on any atom is 0.339 e. The average Bonchev–Trinajstić information content (AvgIpc) is 3.13. The number of nitrogens with one attached hydrogen (secondary N) is 1. The molecule has 0 radical (unpaired) electrons. The van der Waals surface area contributed by atoms with E-state index in [0.717, 1.165) is 0 Å². The first kappa shape index (κ1) is 16.3. The molecule has 1 unspecified atom stereocenters. The number of aryl methyl sites for hydroxylation is 1. The number of carbonyl (C=O) groups is 2. The van der Waals surface area contributed by atoms with Crippen LogP contribution in [0.1, 0.15) is 46.1 Å². The summed E-state index contributed by atoms with van der Waals surface area (Å²) in [5.74, 6) is -1.51. The van der Waals surface area contributed by atoms with Crippen molar-refractivity contribution < 1.29 is 24.2 Å². The van der Waals surface area contributed by atoms with Crippen LogP contribution in [0.25, 0.3) is 0 Å². The van der Waals surface area contributed by atoms with Gasteiger partial charge in [-0.15, -0.1) is 0 Å². The number of carboxylic acid groups (broad SMARTS) is 1. The highest BCUT2D eigenvalue weighted by Crippen LogP contribution is 2.22. The molecule has 0 fully saturated rings. The lowest BCUT2D eigenvalue weighted by Crippen LogP contribution is -2.38. The molecule has 0 bridgehead atoms. The highest BCUT2D eigenvalue weighted by Gasteiger charge is 2.26. The molecule has 0 saturated carbocycles. The Bertz CT molecular complexity index is 672. The third kappa shape index (κ3) is 3.37. The van der Waals surface area contributed by atoms with E-state index in [1.807, 2.05) is 5.38 Å². The van der Waals surface area contributed by atoms with Crippen LogP contribution in [0.5, 0.6) is 0 Å². The standard InChI is InChI=1S/C15H17NO5S/c1-3-11-10(14(18)19)6-12(21-11)13(17)16-8-15(2,20)9-4-5-22-7-9/h4-7,20H,3,8H2,1-2H3,(H,16,17)(H,18,19). The summed E-state index contributed by atoms with van der Waals surface area (Å²) in [5.41, 5.74) is -0.513. The van der Waals surface area contributed by atoms with E-state index in [0.29, 0.717) is 12.0 Å². The average molecular weight is 323 g/mol. The first-order valence-corrected chi connectivity index (χ1v) is 7.68. The van der Waals surface area contributed by atoms with Gasteiger partial charge in [-0.2, -0.15) is 11.3 Å². The van der Waals surface area contributed by atoms with Crippen LogP contribution < -0.4 is 5.32 Å². The second kappa shape index (κ2) is 6.33. The minimum Gasteiger partial charge on any atom is -0.478 e. The number of aliphatic hydroxyl groups is 1. The first-order valence-electron chi connectivity index (χ1n) is 6.74. The van der Waals surface area contributed by atoms with Crippen LogP contribution in [0.4, 0.5) is 0 Å². The fraction of sp³-hybridized carbons (Fsp3) is 0.333. The zero-order valence-corrected chi connectivity index (χ0v) is 13.1. The monoisotopic (exact) mass is 323 g/mol. The number of amides is 1. The molecule has 0 aromatic carbocycles. The number of aromatic carboxylic acids is 1. The smallest absolute Gasteiger partial charge is 0.339 e. The SMILES string of the molecule is CCc1oc(C(=O)NCC(C)(O)c2ccsc2)cc1C(=O)O. The fourth-order valence-corrected chi connectivity index (χ4v) is 2.78. The van der Waals surface area contributed by atoms with Crippen molar-refractivity contribution in [2.45, 2.75) is 25.9 Å². The Morgan fingerprint density at radius 2 is 2.18 bits per heavy atom. The maximum atomic E-state index is 12.1. The van der Waals surface area contributed by atoms with Crippen molar-refractivity contribution in [1.29, 1.82) is 0 Å². The van der Waals surface area contributed by atoms with Crippen LogP contribution in [-0.4, -0.2) is 28.6 Å². The van der Waals surface area contributed by atoms with Crippen molar-refractivity contribution in [2.24, 2.45) is 0 Å². The lowest BCUT2D eigenvalue weighted by atomic mass is 9.99. The van der Waals surface area contributed by atoms with Crippen molar-refractivity contribution >= 4 is 23.2 Å². The first-order chi connectivity index (χ1) is 10.3. The summed E-state index contributed by atoms with van der Waals surface area (Å²) in [6.07, 6.45) is 0.377. The molecule has 3 N–H and O–H groups in total. The Balaban J connectivity index is 2.08. The molecular formula is C15H17NO5S. The summed E-state index contributed by atoms with van der Waals surface area (Å²) < 4.78 is 5.27. The molecule has 118 valence electrons. The summed E-state index contributed by atoms with van der Waals surface area (Å²) >= 11 is 1.45. The van der Waals surface area contributed by atoms with E-state index in [1.165, 1.54) is 17.4 Å². The topological polar surface area (TPSA) is 99.8 Å². The molecule has 2 rings (SSSR count). The van der Waals surface area contributed by atoms with Crippen LogP contribution in [0.15, 0.2) is 27.3 Å². The molecule has 0 saturated heterocycles. The van der Waals surface area contributed by atoms with Crippen molar-refractivity contribution in [3.63, 3.8) is 0 Å². The fourth-order valence-electron chi connectivity index (χ4n) is 2.00. The second-order valence-electron chi connectivity index (χ2n) is 5.07. The summed E-state index contributed by atoms with van der Waals surface area (Å²) in [7, 11) is 0. The van der Waals surface area contributed by atoms with Gasteiger partial charge in [0.05, 0.1) is 6.54 Å². The number of rotatable bonds is 6. The van der Waals surface area contributed by atoms with E-state index >= 15 is 0 Å².